The Morgan fingerprint density at radius 1 is 1.43 bits per heavy atom. The van der Waals surface area contributed by atoms with Gasteiger partial charge in [-0.3, -0.25) is 0 Å². The lowest BCUT2D eigenvalue weighted by atomic mass is 10.3. The highest BCUT2D eigenvalue weighted by molar-refractivity contribution is 9.10. The van der Waals surface area contributed by atoms with E-state index in [2.05, 4.69) is 32.0 Å². The molecule has 0 saturated heterocycles. The summed E-state index contributed by atoms with van der Waals surface area (Å²) >= 11 is 8.49. The molecule has 14 heavy (non-hydrogen) atoms. The summed E-state index contributed by atoms with van der Waals surface area (Å²) in [5.74, 6) is 0. The van der Waals surface area contributed by atoms with Crippen LogP contribution in [0.25, 0.3) is 0 Å². The van der Waals surface area contributed by atoms with Crippen molar-refractivity contribution in [2.24, 2.45) is 0 Å². The van der Waals surface area contributed by atoms with Gasteiger partial charge < -0.3 is 14.5 Å². The topological polar surface area (TPSA) is 36.5 Å². The third kappa shape index (κ3) is 2.16. The molecule has 0 atom stereocenters. The first-order chi connectivity index (χ1) is 6.75. The number of imidazole rings is 1. The zero-order chi connectivity index (χ0) is 9.97. The standard InChI is InChI=1S/C9H10BrN3S/c10-7-5-8(12-6-7)1-3-13-4-2-11-9(13)14/h2,4-6,12H,1,3H2,(H,11,14). The number of halogens is 1. The molecule has 0 aliphatic heterocycles. The highest BCUT2D eigenvalue weighted by atomic mass is 79.9. The first kappa shape index (κ1) is 9.73. The number of nitrogens with zero attached hydrogens (tertiary/aromatic N) is 1. The fourth-order valence-electron chi connectivity index (χ4n) is 1.32. The summed E-state index contributed by atoms with van der Waals surface area (Å²) < 4.78 is 3.88. The molecule has 0 unspecified atom stereocenters. The van der Waals surface area contributed by atoms with Crippen LogP contribution in [0.15, 0.2) is 29.1 Å². The average molecular weight is 272 g/mol. The Bertz CT molecular complexity index is 468. The summed E-state index contributed by atoms with van der Waals surface area (Å²) in [6.45, 7) is 0.898. The normalized spacial score (nSPS) is 10.6. The third-order valence-electron chi connectivity index (χ3n) is 2.05. The minimum atomic E-state index is 0.774. The van der Waals surface area contributed by atoms with Gasteiger partial charge in [-0.05, 0) is 34.2 Å². The predicted molar refractivity (Wildman–Crippen MR) is 61.8 cm³/mol. The molecule has 0 spiro atoms. The molecule has 0 aliphatic carbocycles. The van der Waals surface area contributed by atoms with E-state index in [9.17, 15) is 0 Å². The van der Waals surface area contributed by atoms with Gasteiger partial charge in [0.2, 0.25) is 0 Å². The van der Waals surface area contributed by atoms with Crippen molar-refractivity contribution in [3.8, 4) is 0 Å². The third-order valence-corrected chi connectivity index (χ3v) is 2.86. The molecule has 2 aromatic rings. The van der Waals surface area contributed by atoms with Crippen LogP contribution < -0.4 is 0 Å². The molecule has 5 heteroatoms. The van der Waals surface area contributed by atoms with E-state index in [0.29, 0.717) is 0 Å². The maximum Gasteiger partial charge on any atom is 0.177 e. The van der Waals surface area contributed by atoms with Gasteiger partial charge in [0.25, 0.3) is 0 Å². The van der Waals surface area contributed by atoms with E-state index in [1.54, 1.807) is 0 Å². The van der Waals surface area contributed by atoms with E-state index in [1.807, 2.05) is 23.2 Å². The number of H-pyrrole nitrogens is 2. The number of aromatic nitrogens is 3. The van der Waals surface area contributed by atoms with E-state index >= 15 is 0 Å². The molecule has 2 rings (SSSR count). The van der Waals surface area contributed by atoms with Crippen LogP contribution in [-0.4, -0.2) is 14.5 Å². The Hall–Kier alpha value is -0.810. The van der Waals surface area contributed by atoms with Crippen molar-refractivity contribution in [3.63, 3.8) is 0 Å². The minimum absolute atomic E-state index is 0.774. The van der Waals surface area contributed by atoms with E-state index in [0.717, 1.165) is 22.2 Å². The number of nitrogens with one attached hydrogen (secondary N) is 2. The van der Waals surface area contributed by atoms with Crippen LogP contribution >= 0.6 is 28.1 Å². The molecule has 2 aromatic heterocycles. The van der Waals surface area contributed by atoms with Crippen molar-refractivity contribution in [2.45, 2.75) is 13.0 Å². The second kappa shape index (κ2) is 4.14. The van der Waals surface area contributed by atoms with Crippen molar-refractivity contribution in [1.82, 2.24) is 14.5 Å². The summed E-state index contributed by atoms with van der Waals surface area (Å²) in [7, 11) is 0. The summed E-state index contributed by atoms with van der Waals surface area (Å²) in [5, 5.41) is 0. The Balaban J connectivity index is 2.01. The quantitative estimate of drug-likeness (QED) is 0.828. The van der Waals surface area contributed by atoms with Gasteiger partial charge in [-0.25, -0.2) is 0 Å². The molecule has 0 radical (unpaired) electrons. The first-order valence-electron chi connectivity index (χ1n) is 4.32. The number of hydrogen-bond acceptors (Lipinski definition) is 1. The van der Waals surface area contributed by atoms with Crippen LogP contribution in [0.3, 0.4) is 0 Å². The summed E-state index contributed by atoms with van der Waals surface area (Å²) in [4.78, 5) is 6.15. The van der Waals surface area contributed by atoms with Crippen molar-refractivity contribution >= 4 is 28.1 Å². The molecule has 0 amide bonds. The van der Waals surface area contributed by atoms with E-state index in [1.165, 1.54) is 5.69 Å². The average Bonchev–Trinajstić information content (AvgIpc) is 2.72. The molecule has 0 aliphatic rings. The molecule has 0 bridgehead atoms. The summed E-state index contributed by atoms with van der Waals surface area (Å²) in [6, 6.07) is 2.08. The maximum atomic E-state index is 5.09. The first-order valence-corrected chi connectivity index (χ1v) is 5.52. The van der Waals surface area contributed by atoms with Gasteiger partial charge in [0.1, 0.15) is 0 Å². The van der Waals surface area contributed by atoms with Crippen molar-refractivity contribution in [3.05, 3.63) is 39.6 Å². The molecule has 2 N–H and O–H groups in total. The van der Waals surface area contributed by atoms with Crippen molar-refractivity contribution in [1.29, 1.82) is 0 Å². The number of aryl methyl sites for hydroxylation is 2. The number of hydrogen-bond donors (Lipinski definition) is 2. The second-order valence-electron chi connectivity index (χ2n) is 3.05. The Labute approximate surface area is 95.3 Å². The summed E-state index contributed by atoms with van der Waals surface area (Å²) in [5.41, 5.74) is 1.21. The molecular formula is C9H10BrN3S. The van der Waals surface area contributed by atoms with Gasteiger partial charge >= 0.3 is 0 Å². The number of aromatic amines is 2. The lowest BCUT2D eigenvalue weighted by molar-refractivity contribution is 0.678. The maximum absolute atomic E-state index is 5.09. The lowest BCUT2D eigenvalue weighted by Crippen LogP contribution is -1.99. The molecule has 74 valence electrons. The smallest absolute Gasteiger partial charge is 0.177 e. The van der Waals surface area contributed by atoms with Gasteiger partial charge in [0, 0.05) is 41.7 Å². The van der Waals surface area contributed by atoms with E-state index < -0.39 is 0 Å². The molecule has 3 nitrogen and oxygen atoms in total. The minimum Gasteiger partial charge on any atom is -0.364 e. The van der Waals surface area contributed by atoms with Crippen LogP contribution in [0.4, 0.5) is 0 Å². The number of rotatable bonds is 3. The molecule has 0 fully saturated rings. The van der Waals surface area contributed by atoms with Gasteiger partial charge in [0.05, 0.1) is 0 Å². The Morgan fingerprint density at radius 3 is 2.86 bits per heavy atom. The van der Waals surface area contributed by atoms with E-state index in [4.69, 9.17) is 12.2 Å². The fraction of sp³-hybridized carbons (Fsp3) is 0.222. The molecule has 0 saturated carbocycles. The van der Waals surface area contributed by atoms with Gasteiger partial charge in [-0.2, -0.15) is 0 Å². The monoisotopic (exact) mass is 271 g/mol. The lowest BCUT2D eigenvalue weighted by Gasteiger charge is -1.99. The van der Waals surface area contributed by atoms with Crippen LogP contribution in [0.2, 0.25) is 0 Å². The SMILES string of the molecule is S=c1[nH]ccn1CCc1cc(Br)c[nH]1. The van der Waals surface area contributed by atoms with Crippen molar-refractivity contribution < 1.29 is 0 Å². The van der Waals surface area contributed by atoms with Gasteiger partial charge in [-0.15, -0.1) is 0 Å². The van der Waals surface area contributed by atoms with E-state index in [-0.39, 0.29) is 0 Å². The van der Waals surface area contributed by atoms with Gasteiger partial charge in [-0.1, -0.05) is 0 Å². The Kier molecular flexibility index (Phi) is 2.88. The zero-order valence-electron chi connectivity index (χ0n) is 7.46. The second-order valence-corrected chi connectivity index (χ2v) is 4.35. The largest absolute Gasteiger partial charge is 0.364 e. The van der Waals surface area contributed by atoms with Crippen LogP contribution in [0.1, 0.15) is 5.69 Å². The molecule has 0 aromatic carbocycles. The van der Waals surface area contributed by atoms with Crippen LogP contribution in [-0.2, 0) is 13.0 Å². The Morgan fingerprint density at radius 2 is 2.29 bits per heavy atom. The predicted octanol–water partition coefficient (Wildman–Crippen LogP) is 2.88. The fourth-order valence-corrected chi connectivity index (χ4v) is 1.93. The van der Waals surface area contributed by atoms with Gasteiger partial charge in [0.15, 0.2) is 4.77 Å². The van der Waals surface area contributed by atoms with Crippen LogP contribution in [0, 0.1) is 4.77 Å². The molecule has 2 heterocycles. The highest BCUT2D eigenvalue weighted by Crippen LogP contribution is 2.11. The molecular weight excluding hydrogens is 262 g/mol. The van der Waals surface area contributed by atoms with Crippen molar-refractivity contribution in [2.75, 3.05) is 0 Å². The zero-order valence-corrected chi connectivity index (χ0v) is 9.86. The highest BCUT2D eigenvalue weighted by Gasteiger charge is 1.97. The van der Waals surface area contributed by atoms with Crippen LogP contribution in [0.5, 0.6) is 0 Å². The summed E-state index contributed by atoms with van der Waals surface area (Å²) in [6.07, 6.45) is 6.71.